The summed E-state index contributed by atoms with van der Waals surface area (Å²) in [5.74, 6) is -0.622. The van der Waals surface area contributed by atoms with Gasteiger partial charge in [0.05, 0.1) is 23.8 Å². The second kappa shape index (κ2) is 5.36. The summed E-state index contributed by atoms with van der Waals surface area (Å²) in [6.07, 6.45) is 1.72. The number of anilines is 1. The van der Waals surface area contributed by atoms with E-state index in [9.17, 15) is 9.18 Å². The average molecular weight is 283 g/mol. The van der Waals surface area contributed by atoms with Gasteiger partial charge in [0, 0.05) is 12.7 Å². The Morgan fingerprint density at radius 1 is 1.29 bits per heavy atom. The molecule has 0 saturated carbocycles. The maximum absolute atomic E-state index is 13.5. The average Bonchev–Trinajstić information content (AvgIpc) is 2.82. The number of carbonyl (C=O) groups excluding carboxylic acids is 1. The van der Waals surface area contributed by atoms with E-state index >= 15 is 0 Å². The van der Waals surface area contributed by atoms with Crippen LogP contribution < -0.4 is 5.32 Å². The van der Waals surface area contributed by atoms with E-state index < -0.39 is 0 Å². The van der Waals surface area contributed by atoms with E-state index in [4.69, 9.17) is 0 Å². The maximum atomic E-state index is 13.5. The van der Waals surface area contributed by atoms with E-state index in [2.05, 4.69) is 10.3 Å². The molecule has 21 heavy (non-hydrogen) atoms. The number of fused-ring (bicyclic) bond motifs is 1. The number of imidazole rings is 1. The first kappa shape index (κ1) is 13.3. The number of nitrogens with one attached hydrogen (secondary N) is 1. The summed E-state index contributed by atoms with van der Waals surface area (Å²) in [7, 11) is 1.91. The first-order chi connectivity index (χ1) is 10.1. The Hall–Kier alpha value is -2.69. The molecule has 0 aliphatic rings. The normalized spacial score (nSPS) is 10.8. The highest BCUT2D eigenvalue weighted by atomic mass is 19.1. The number of nitrogens with zero attached hydrogens (tertiary/aromatic N) is 2. The van der Waals surface area contributed by atoms with Gasteiger partial charge in [-0.05, 0) is 29.8 Å². The van der Waals surface area contributed by atoms with Crippen LogP contribution in [0.1, 0.15) is 5.56 Å². The van der Waals surface area contributed by atoms with Crippen LogP contribution in [0.2, 0.25) is 0 Å². The van der Waals surface area contributed by atoms with E-state index in [-0.39, 0.29) is 18.1 Å². The van der Waals surface area contributed by atoms with Crippen LogP contribution in [0.4, 0.5) is 10.1 Å². The molecule has 0 aliphatic heterocycles. The Bertz CT molecular complexity index is 810. The van der Waals surface area contributed by atoms with Crippen LogP contribution in [0.25, 0.3) is 11.0 Å². The molecular weight excluding hydrogens is 269 g/mol. The fourth-order valence-corrected chi connectivity index (χ4v) is 2.23. The van der Waals surface area contributed by atoms with Gasteiger partial charge in [0.1, 0.15) is 5.82 Å². The second-order valence-electron chi connectivity index (χ2n) is 4.88. The van der Waals surface area contributed by atoms with Crippen molar-refractivity contribution in [2.24, 2.45) is 7.05 Å². The molecule has 1 heterocycles. The molecule has 2 aromatic carbocycles. The lowest BCUT2D eigenvalue weighted by Gasteiger charge is -2.06. The molecule has 1 amide bonds. The summed E-state index contributed by atoms with van der Waals surface area (Å²) in [4.78, 5) is 16.2. The summed E-state index contributed by atoms with van der Waals surface area (Å²) in [5.41, 5.74) is 2.83. The number of amides is 1. The summed E-state index contributed by atoms with van der Waals surface area (Å²) in [5, 5.41) is 2.76. The Morgan fingerprint density at radius 2 is 2.10 bits per heavy atom. The van der Waals surface area contributed by atoms with Crippen LogP contribution >= 0.6 is 0 Å². The van der Waals surface area contributed by atoms with Crippen molar-refractivity contribution in [3.8, 4) is 0 Å². The van der Waals surface area contributed by atoms with Gasteiger partial charge in [0.25, 0.3) is 0 Å². The quantitative estimate of drug-likeness (QED) is 0.803. The van der Waals surface area contributed by atoms with Gasteiger partial charge < -0.3 is 9.88 Å². The van der Waals surface area contributed by atoms with Crippen molar-refractivity contribution < 1.29 is 9.18 Å². The number of benzene rings is 2. The van der Waals surface area contributed by atoms with Crippen LogP contribution in [0, 0.1) is 5.82 Å². The van der Waals surface area contributed by atoms with Crippen molar-refractivity contribution in [3.63, 3.8) is 0 Å². The summed E-state index contributed by atoms with van der Waals surface area (Å²) < 4.78 is 15.4. The van der Waals surface area contributed by atoms with Gasteiger partial charge in [-0.1, -0.05) is 18.2 Å². The molecule has 0 bridgehead atoms. The van der Waals surface area contributed by atoms with Gasteiger partial charge in [-0.3, -0.25) is 4.79 Å². The molecule has 0 unspecified atom stereocenters. The third kappa shape index (κ3) is 2.76. The second-order valence-corrected chi connectivity index (χ2v) is 4.88. The van der Waals surface area contributed by atoms with E-state index in [1.807, 2.05) is 23.7 Å². The molecule has 0 fully saturated rings. The van der Waals surface area contributed by atoms with E-state index in [1.54, 1.807) is 30.6 Å². The molecule has 3 aromatic rings. The van der Waals surface area contributed by atoms with Crippen LogP contribution in [0.3, 0.4) is 0 Å². The number of rotatable bonds is 3. The van der Waals surface area contributed by atoms with Crippen molar-refractivity contribution in [1.29, 1.82) is 0 Å². The SMILES string of the molecule is Cn1cnc2cc(NC(=O)Cc3ccccc3F)ccc21. The Labute approximate surface area is 121 Å². The molecule has 1 N–H and O–H groups in total. The number of carbonyl (C=O) groups is 1. The monoisotopic (exact) mass is 283 g/mol. The molecule has 5 heteroatoms. The number of hydrogen-bond donors (Lipinski definition) is 1. The standard InChI is InChI=1S/C16H14FN3O/c1-20-10-18-14-9-12(6-7-15(14)20)19-16(21)8-11-4-2-3-5-13(11)17/h2-7,9-10H,8H2,1H3,(H,19,21). The van der Waals surface area contributed by atoms with Gasteiger partial charge in [-0.2, -0.15) is 0 Å². The van der Waals surface area contributed by atoms with Gasteiger partial charge >= 0.3 is 0 Å². The van der Waals surface area contributed by atoms with E-state index in [0.717, 1.165) is 11.0 Å². The molecule has 0 spiro atoms. The Balaban J connectivity index is 1.75. The van der Waals surface area contributed by atoms with Crippen LogP contribution in [0.5, 0.6) is 0 Å². The van der Waals surface area contributed by atoms with Crippen LogP contribution in [0.15, 0.2) is 48.8 Å². The minimum Gasteiger partial charge on any atom is -0.334 e. The molecule has 0 atom stereocenters. The topological polar surface area (TPSA) is 46.9 Å². The highest BCUT2D eigenvalue weighted by molar-refractivity contribution is 5.94. The number of aromatic nitrogens is 2. The highest BCUT2D eigenvalue weighted by Crippen LogP contribution is 2.18. The van der Waals surface area contributed by atoms with E-state index in [0.29, 0.717) is 11.3 Å². The molecule has 0 aliphatic carbocycles. The minimum absolute atomic E-state index is 0.00687. The summed E-state index contributed by atoms with van der Waals surface area (Å²) >= 11 is 0. The zero-order valence-electron chi connectivity index (χ0n) is 11.5. The summed E-state index contributed by atoms with van der Waals surface area (Å²) in [6, 6.07) is 11.8. The Kier molecular flexibility index (Phi) is 3.39. The molecule has 1 aromatic heterocycles. The van der Waals surface area contributed by atoms with Gasteiger partial charge in [0.15, 0.2) is 0 Å². The lowest BCUT2D eigenvalue weighted by atomic mass is 10.1. The zero-order chi connectivity index (χ0) is 14.8. The molecule has 3 rings (SSSR count). The fourth-order valence-electron chi connectivity index (χ4n) is 2.23. The lowest BCUT2D eigenvalue weighted by molar-refractivity contribution is -0.115. The third-order valence-corrected chi connectivity index (χ3v) is 3.32. The first-order valence-corrected chi connectivity index (χ1v) is 6.58. The largest absolute Gasteiger partial charge is 0.334 e. The summed E-state index contributed by atoms with van der Waals surface area (Å²) in [6.45, 7) is 0. The van der Waals surface area contributed by atoms with Crippen molar-refractivity contribution >= 4 is 22.6 Å². The van der Waals surface area contributed by atoms with Gasteiger partial charge in [-0.25, -0.2) is 9.37 Å². The molecule has 0 saturated heterocycles. The predicted octanol–water partition coefficient (Wildman–Crippen LogP) is 2.89. The van der Waals surface area contributed by atoms with E-state index in [1.165, 1.54) is 6.07 Å². The van der Waals surface area contributed by atoms with Crippen molar-refractivity contribution in [1.82, 2.24) is 9.55 Å². The van der Waals surface area contributed by atoms with Gasteiger partial charge in [-0.15, -0.1) is 0 Å². The molecular formula is C16H14FN3O. The predicted molar refractivity (Wildman–Crippen MR) is 79.4 cm³/mol. The van der Waals surface area contributed by atoms with Crippen molar-refractivity contribution in [2.75, 3.05) is 5.32 Å². The molecule has 4 nitrogen and oxygen atoms in total. The fraction of sp³-hybridized carbons (Fsp3) is 0.125. The number of halogens is 1. The smallest absolute Gasteiger partial charge is 0.228 e. The third-order valence-electron chi connectivity index (χ3n) is 3.32. The van der Waals surface area contributed by atoms with Crippen LogP contribution in [-0.4, -0.2) is 15.5 Å². The van der Waals surface area contributed by atoms with Crippen molar-refractivity contribution in [3.05, 3.63) is 60.2 Å². The lowest BCUT2D eigenvalue weighted by Crippen LogP contribution is -2.15. The molecule has 106 valence electrons. The number of hydrogen-bond acceptors (Lipinski definition) is 2. The first-order valence-electron chi connectivity index (χ1n) is 6.58. The van der Waals surface area contributed by atoms with Gasteiger partial charge in [0.2, 0.25) is 5.91 Å². The highest BCUT2D eigenvalue weighted by Gasteiger charge is 2.09. The number of aryl methyl sites for hydroxylation is 1. The zero-order valence-corrected chi connectivity index (χ0v) is 11.5. The maximum Gasteiger partial charge on any atom is 0.228 e. The minimum atomic E-state index is -0.368. The van der Waals surface area contributed by atoms with Crippen LogP contribution in [-0.2, 0) is 18.3 Å². The van der Waals surface area contributed by atoms with Crippen molar-refractivity contribution in [2.45, 2.75) is 6.42 Å². The molecule has 0 radical (unpaired) electrons. The Morgan fingerprint density at radius 3 is 2.90 bits per heavy atom.